The first-order valence-electron chi connectivity index (χ1n) is 7.90. The zero-order chi connectivity index (χ0) is 13.4. The lowest BCUT2D eigenvalue weighted by atomic mass is 9.62. The van der Waals surface area contributed by atoms with Crippen LogP contribution in [-0.2, 0) is 0 Å². The van der Waals surface area contributed by atoms with E-state index in [9.17, 15) is 0 Å². The number of hydrogen-bond donors (Lipinski definition) is 1. The second kappa shape index (κ2) is 5.13. The van der Waals surface area contributed by atoms with Gasteiger partial charge in [-0.2, -0.15) is 0 Å². The Morgan fingerprint density at radius 2 is 1.78 bits per heavy atom. The summed E-state index contributed by atoms with van der Waals surface area (Å²) in [4.78, 5) is 2.73. The van der Waals surface area contributed by atoms with E-state index in [1.807, 2.05) is 0 Å². The fraction of sp³-hybridized carbons (Fsp3) is 1.00. The molecule has 2 heteroatoms. The zero-order valence-corrected chi connectivity index (χ0v) is 12.8. The van der Waals surface area contributed by atoms with Crippen LogP contribution in [0.3, 0.4) is 0 Å². The molecule has 1 heterocycles. The predicted octanol–water partition coefficient (Wildman–Crippen LogP) is 3.26. The molecular weight excluding hydrogens is 220 g/mol. The van der Waals surface area contributed by atoms with Crippen LogP contribution in [0.4, 0.5) is 0 Å². The van der Waals surface area contributed by atoms with E-state index in [0.29, 0.717) is 11.0 Å². The summed E-state index contributed by atoms with van der Waals surface area (Å²) in [6, 6.07) is 0. The minimum absolute atomic E-state index is 0.365. The van der Waals surface area contributed by atoms with Gasteiger partial charge in [-0.15, -0.1) is 0 Å². The molecule has 1 aliphatic carbocycles. The molecule has 2 nitrogen and oxygen atoms in total. The van der Waals surface area contributed by atoms with Crippen LogP contribution in [0.15, 0.2) is 0 Å². The average molecular weight is 252 g/mol. The molecule has 0 bridgehead atoms. The van der Waals surface area contributed by atoms with Gasteiger partial charge in [-0.1, -0.05) is 34.1 Å². The SMILES string of the molecule is CCC1(C)CCN(C2(CN)CC(C(C)C)C2)CC1. The number of nitrogens with zero attached hydrogens (tertiary/aromatic N) is 1. The van der Waals surface area contributed by atoms with Crippen molar-refractivity contribution in [1.29, 1.82) is 0 Å². The average Bonchev–Trinajstić information content (AvgIpc) is 2.30. The molecule has 0 spiro atoms. The van der Waals surface area contributed by atoms with E-state index in [2.05, 4.69) is 32.6 Å². The first-order valence-corrected chi connectivity index (χ1v) is 7.90. The Morgan fingerprint density at radius 3 is 2.17 bits per heavy atom. The topological polar surface area (TPSA) is 29.3 Å². The Kier molecular flexibility index (Phi) is 4.08. The van der Waals surface area contributed by atoms with Crippen LogP contribution in [0, 0.1) is 17.3 Å². The van der Waals surface area contributed by atoms with Gasteiger partial charge < -0.3 is 5.73 Å². The second-order valence-corrected chi connectivity index (χ2v) is 7.49. The van der Waals surface area contributed by atoms with E-state index in [1.54, 1.807) is 0 Å². The molecule has 2 rings (SSSR count). The fourth-order valence-corrected chi connectivity index (χ4v) is 3.82. The molecule has 0 amide bonds. The molecule has 0 aromatic heterocycles. The van der Waals surface area contributed by atoms with Gasteiger partial charge in [0, 0.05) is 12.1 Å². The standard InChI is InChI=1S/C16H32N2/c1-5-15(4)6-8-18(9-7-15)16(12-17)10-14(11-16)13(2)3/h13-14H,5-12,17H2,1-4H3. The normalized spacial score (nSPS) is 36.7. The van der Waals surface area contributed by atoms with E-state index < -0.39 is 0 Å². The minimum atomic E-state index is 0.365. The van der Waals surface area contributed by atoms with E-state index in [-0.39, 0.29) is 0 Å². The summed E-state index contributed by atoms with van der Waals surface area (Å²) in [5.41, 5.74) is 7.08. The van der Waals surface area contributed by atoms with Gasteiger partial charge in [-0.3, -0.25) is 4.90 Å². The van der Waals surface area contributed by atoms with Crippen molar-refractivity contribution < 1.29 is 0 Å². The van der Waals surface area contributed by atoms with Crippen molar-refractivity contribution in [3.05, 3.63) is 0 Å². The molecule has 18 heavy (non-hydrogen) atoms. The summed E-state index contributed by atoms with van der Waals surface area (Å²) < 4.78 is 0. The predicted molar refractivity (Wildman–Crippen MR) is 78.6 cm³/mol. The third kappa shape index (κ3) is 2.46. The molecule has 0 radical (unpaired) electrons. The van der Waals surface area contributed by atoms with Gasteiger partial charge in [0.15, 0.2) is 0 Å². The lowest BCUT2D eigenvalue weighted by Crippen LogP contribution is -2.64. The monoisotopic (exact) mass is 252 g/mol. The van der Waals surface area contributed by atoms with Crippen molar-refractivity contribution in [1.82, 2.24) is 4.90 Å². The molecule has 2 aliphatic rings. The van der Waals surface area contributed by atoms with E-state index >= 15 is 0 Å². The van der Waals surface area contributed by atoms with Crippen LogP contribution >= 0.6 is 0 Å². The maximum absolute atomic E-state index is 6.12. The third-order valence-corrected chi connectivity index (χ3v) is 6.10. The highest BCUT2D eigenvalue weighted by Crippen LogP contribution is 2.48. The van der Waals surface area contributed by atoms with Crippen LogP contribution in [0.2, 0.25) is 0 Å². The summed E-state index contributed by atoms with van der Waals surface area (Å²) in [5, 5.41) is 0. The van der Waals surface area contributed by atoms with Gasteiger partial charge in [0.05, 0.1) is 0 Å². The Balaban J connectivity index is 1.92. The van der Waals surface area contributed by atoms with Gasteiger partial charge in [0.1, 0.15) is 0 Å². The Morgan fingerprint density at radius 1 is 1.22 bits per heavy atom. The Labute approximate surface area is 113 Å². The number of piperidine rings is 1. The van der Waals surface area contributed by atoms with Crippen molar-refractivity contribution in [3.8, 4) is 0 Å². The van der Waals surface area contributed by atoms with Crippen LogP contribution < -0.4 is 5.73 Å². The molecule has 2 N–H and O–H groups in total. The Bertz CT molecular complexity index is 271. The third-order valence-electron chi connectivity index (χ3n) is 6.10. The van der Waals surface area contributed by atoms with Crippen molar-refractivity contribution in [2.24, 2.45) is 23.0 Å². The summed E-state index contributed by atoms with van der Waals surface area (Å²) in [7, 11) is 0. The van der Waals surface area contributed by atoms with Crippen LogP contribution in [0.5, 0.6) is 0 Å². The first kappa shape index (κ1) is 14.3. The number of nitrogens with two attached hydrogens (primary N) is 1. The molecule has 1 saturated carbocycles. The van der Waals surface area contributed by atoms with E-state index in [0.717, 1.165) is 18.4 Å². The highest BCUT2D eigenvalue weighted by molar-refractivity contribution is 5.05. The molecule has 1 saturated heterocycles. The van der Waals surface area contributed by atoms with Crippen molar-refractivity contribution in [2.75, 3.05) is 19.6 Å². The molecule has 106 valence electrons. The quantitative estimate of drug-likeness (QED) is 0.832. The van der Waals surface area contributed by atoms with Crippen LogP contribution in [-0.4, -0.2) is 30.1 Å². The van der Waals surface area contributed by atoms with Crippen molar-refractivity contribution in [2.45, 2.75) is 65.3 Å². The minimum Gasteiger partial charge on any atom is -0.329 e. The smallest absolute Gasteiger partial charge is 0.0337 e. The summed E-state index contributed by atoms with van der Waals surface area (Å²) in [5.74, 6) is 1.74. The lowest BCUT2D eigenvalue weighted by Gasteiger charge is -2.58. The van der Waals surface area contributed by atoms with Crippen molar-refractivity contribution in [3.63, 3.8) is 0 Å². The van der Waals surface area contributed by atoms with Crippen molar-refractivity contribution >= 4 is 0 Å². The number of rotatable bonds is 4. The fourth-order valence-electron chi connectivity index (χ4n) is 3.82. The van der Waals surface area contributed by atoms with E-state index in [1.165, 1.54) is 45.2 Å². The van der Waals surface area contributed by atoms with Gasteiger partial charge in [-0.25, -0.2) is 0 Å². The van der Waals surface area contributed by atoms with E-state index in [4.69, 9.17) is 5.73 Å². The summed E-state index contributed by atoms with van der Waals surface area (Å²) >= 11 is 0. The van der Waals surface area contributed by atoms with Gasteiger partial charge in [0.2, 0.25) is 0 Å². The number of hydrogen-bond acceptors (Lipinski definition) is 2. The molecule has 0 atom stereocenters. The second-order valence-electron chi connectivity index (χ2n) is 7.49. The van der Waals surface area contributed by atoms with Gasteiger partial charge >= 0.3 is 0 Å². The highest BCUT2D eigenvalue weighted by Gasteiger charge is 2.49. The van der Waals surface area contributed by atoms with Gasteiger partial charge in [0.25, 0.3) is 0 Å². The Hall–Kier alpha value is -0.0800. The maximum atomic E-state index is 6.12. The summed E-state index contributed by atoms with van der Waals surface area (Å²) in [6.45, 7) is 12.9. The number of likely N-dealkylation sites (tertiary alicyclic amines) is 1. The molecule has 0 aromatic carbocycles. The molecule has 1 aliphatic heterocycles. The molecular formula is C16H32N2. The van der Waals surface area contributed by atoms with Gasteiger partial charge in [-0.05, 0) is 56.0 Å². The zero-order valence-electron chi connectivity index (χ0n) is 12.8. The largest absolute Gasteiger partial charge is 0.329 e. The highest BCUT2D eigenvalue weighted by atomic mass is 15.2. The molecule has 0 aromatic rings. The lowest BCUT2D eigenvalue weighted by molar-refractivity contribution is -0.0626. The van der Waals surface area contributed by atoms with Crippen LogP contribution in [0.25, 0.3) is 0 Å². The van der Waals surface area contributed by atoms with Crippen LogP contribution in [0.1, 0.15) is 59.8 Å². The molecule has 0 unspecified atom stereocenters. The maximum Gasteiger partial charge on any atom is 0.0337 e. The molecule has 2 fully saturated rings. The first-order chi connectivity index (χ1) is 8.45. The summed E-state index contributed by atoms with van der Waals surface area (Å²) in [6.07, 6.45) is 6.72.